The Morgan fingerprint density at radius 3 is 3.06 bits per heavy atom. The van der Waals surface area contributed by atoms with Crippen molar-refractivity contribution in [3.63, 3.8) is 0 Å². The van der Waals surface area contributed by atoms with Crippen molar-refractivity contribution in [2.45, 2.75) is 26.0 Å². The predicted octanol–water partition coefficient (Wildman–Crippen LogP) is -0.142. The van der Waals surface area contributed by atoms with Crippen LogP contribution < -0.4 is 5.32 Å². The minimum atomic E-state index is 0.0543. The summed E-state index contributed by atoms with van der Waals surface area (Å²) in [5.41, 5.74) is 0. The zero-order valence-electron chi connectivity index (χ0n) is 10.4. The van der Waals surface area contributed by atoms with Gasteiger partial charge in [-0.2, -0.15) is 0 Å². The number of hydrogen-bond donors (Lipinski definition) is 1. The van der Waals surface area contributed by atoms with Crippen LogP contribution in [0.3, 0.4) is 0 Å². The molecule has 5 heteroatoms. The van der Waals surface area contributed by atoms with Crippen LogP contribution in [0.15, 0.2) is 0 Å². The zero-order valence-corrected chi connectivity index (χ0v) is 10.4. The number of amides is 1. The number of carbonyl (C=O) groups excluding carboxylic acids is 1. The van der Waals surface area contributed by atoms with Crippen LogP contribution in [0.4, 0.5) is 0 Å². The summed E-state index contributed by atoms with van der Waals surface area (Å²) in [7, 11) is 1.63. The standard InChI is InChI=1S/C11H22N2O3/c1-9(8-15-3)12-11(14)7-13-4-5-16-10(2)6-13/h9-10H,4-8H2,1-3H3,(H,12,14). The number of hydrogen-bond acceptors (Lipinski definition) is 4. The van der Waals surface area contributed by atoms with E-state index in [-0.39, 0.29) is 18.1 Å². The lowest BCUT2D eigenvalue weighted by atomic mass is 10.3. The van der Waals surface area contributed by atoms with Crippen LogP contribution in [0.1, 0.15) is 13.8 Å². The monoisotopic (exact) mass is 230 g/mol. The van der Waals surface area contributed by atoms with Gasteiger partial charge in [0.25, 0.3) is 0 Å². The lowest BCUT2D eigenvalue weighted by Crippen LogP contribution is -2.48. The molecule has 16 heavy (non-hydrogen) atoms. The lowest BCUT2D eigenvalue weighted by Gasteiger charge is -2.30. The predicted molar refractivity (Wildman–Crippen MR) is 61.3 cm³/mol. The second-order valence-electron chi connectivity index (χ2n) is 4.34. The zero-order chi connectivity index (χ0) is 12.0. The number of nitrogens with one attached hydrogen (secondary N) is 1. The van der Waals surface area contributed by atoms with Crippen molar-refractivity contribution in [2.75, 3.05) is 40.0 Å². The molecule has 1 N–H and O–H groups in total. The fourth-order valence-corrected chi connectivity index (χ4v) is 1.85. The van der Waals surface area contributed by atoms with E-state index in [4.69, 9.17) is 9.47 Å². The largest absolute Gasteiger partial charge is 0.383 e. The molecule has 0 spiro atoms. The fraction of sp³-hybridized carbons (Fsp3) is 0.909. The average Bonchev–Trinajstić information content (AvgIpc) is 2.17. The van der Waals surface area contributed by atoms with E-state index in [0.29, 0.717) is 19.8 Å². The SMILES string of the molecule is COCC(C)NC(=O)CN1CCOC(C)C1. The normalized spacial score (nSPS) is 24.1. The Labute approximate surface area is 97.1 Å². The van der Waals surface area contributed by atoms with Gasteiger partial charge in [-0.25, -0.2) is 0 Å². The van der Waals surface area contributed by atoms with Gasteiger partial charge in [0.2, 0.25) is 5.91 Å². The molecule has 1 fully saturated rings. The van der Waals surface area contributed by atoms with Gasteiger partial charge in [-0.3, -0.25) is 9.69 Å². The first-order chi connectivity index (χ1) is 7.61. The molecule has 2 atom stereocenters. The minimum Gasteiger partial charge on any atom is -0.383 e. The van der Waals surface area contributed by atoms with E-state index in [1.165, 1.54) is 0 Å². The van der Waals surface area contributed by atoms with Crippen LogP contribution in [-0.2, 0) is 14.3 Å². The number of methoxy groups -OCH3 is 1. The Hall–Kier alpha value is -0.650. The van der Waals surface area contributed by atoms with Gasteiger partial charge in [-0.1, -0.05) is 0 Å². The minimum absolute atomic E-state index is 0.0543. The van der Waals surface area contributed by atoms with Crippen LogP contribution in [-0.4, -0.2) is 62.9 Å². The molecule has 94 valence electrons. The first-order valence-corrected chi connectivity index (χ1v) is 5.74. The van der Waals surface area contributed by atoms with Crippen molar-refractivity contribution in [3.05, 3.63) is 0 Å². The number of ether oxygens (including phenoxy) is 2. The highest BCUT2D eigenvalue weighted by atomic mass is 16.5. The number of carbonyl (C=O) groups is 1. The molecule has 1 aliphatic heterocycles. The Kier molecular flexibility index (Phi) is 5.73. The van der Waals surface area contributed by atoms with E-state index in [9.17, 15) is 4.79 Å². The maximum Gasteiger partial charge on any atom is 0.234 e. The third-order valence-corrected chi connectivity index (χ3v) is 2.52. The molecule has 0 aromatic rings. The summed E-state index contributed by atoms with van der Waals surface area (Å²) in [5.74, 6) is 0.0543. The molecule has 5 nitrogen and oxygen atoms in total. The molecule has 0 radical (unpaired) electrons. The van der Waals surface area contributed by atoms with Gasteiger partial charge in [0.05, 0.1) is 25.9 Å². The molecule has 1 aliphatic rings. The summed E-state index contributed by atoms with van der Waals surface area (Å²) >= 11 is 0. The summed E-state index contributed by atoms with van der Waals surface area (Å²) in [4.78, 5) is 13.8. The Morgan fingerprint density at radius 1 is 1.69 bits per heavy atom. The van der Waals surface area contributed by atoms with Crippen molar-refractivity contribution in [1.29, 1.82) is 0 Å². The van der Waals surface area contributed by atoms with Crippen LogP contribution in [0.5, 0.6) is 0 Å². The van der Waals surface area contributed by atoms with E-state index in [1.807, 2.05) is 13.8 Å². The first-order valence-electron chi connectivity index (χ1n) is 5.74. The molecule has 2 unspecified atom stereocenters. The molecule has 1 heterocycles. The Morgan fingerprint density at radius 2 is 2.44 bits per heavy atom. The van der Waals surface area contributed by atoms with E-state index in [1.54, 1.807) is 7.11 Å². The molecule has 0 aliphatic carbocycles. The van der Waals surface area contributed by atoms with E-state index < -0.39 is 0 Å². The van der Waals surface area contributed by atoms with Gasteiger partial charge >= 0.3 is 0 Å². The molecule has 0 aromatic heterocycles. The van der Waals surface area contributed by atoms with Crippen LogP contribution >= 0.6 is 0 Å². The highest BCUT2D eigenvalue weighted by molar-refractivity contribution is 5.78. The number of morpholine rings is 1. The van der Waals surface area contributed by atoms with Crippen molar-refractivity contribution in [2.24, 2.45) is 0 Å². The second kappa shape index (κ2) is 6.83. The van der Waals surface area contributed by atoms with Crippen LogP contribution in [0.2, 0.25) is 0 Å². The van der Waals surface area contributed by atoms with E-state index in [0.717, 1.165) is 13.1 Å². The summed E-state index contributed by atoms with van der Waals surface area (Å²) in [6.07, 6.45) is 0.220. The number of nitrogens with zero attached hydrogens (tertiary/aromatic N) is 1. The lowest BCUT2D eigenvalue weighted by molar-refractivity contribution is -0.125. The van der Waals surface area contributed by atoms with Gasteiger partial charge in [0, 0.05) is 26.2 Å². The Bertz CT molecular complexity index is 223. The van der Waals surface area contributed by atoms with Gasteiger partial charge in [-0.05, 0) is 13.8 Å². The topological polar surface area (TPSA) is 50.8 Å². The maximum atomic E-state index is 11.7. The maximum absolute atomic E-state index is 11.7. The second-order valence-corrected chi connectivity index (χ2v) is 4.34. The van der Waals surface area contributed by atoms with Crippen molar-refractivity contribution in [3.8, 4) is 0 Å². The highest BCUT2D eigenvalue weighted by Gasteiger charge is 2.19. The molecule has 1 rings (SSSR count). The Balaban J connectivity index is 2.22. The first kappa shape index (κ1) is 13.4. The van der Waals surface area contributed by atoms with Crippen LogP contribution in [0.25, 0.3) is 0 Å². The average molecular weight is 230 g/mol. The van der Waals surface area contributed by atoms with Gasteiger partial charge < -0.3 is 14.8 Å². The van der Waals surface area contributed by atoms with E-state index >= 15 is 0 Å². The summed E-state index contributed by atoms with van der Waals surface area (Å²) in [6.45, 7) is 7.32. The van der Waals surface area contributed by atoms with Gasteiger partial charge in [0.15, 0.2) is 0 Å². The highest BCUT2D eigenvalue weighted by Crippen LogP contribution is 2.03. The number of rotatable bonds is 5. The summed E-state index contributed by atoms with van der Waals surface area (Å²) < 4.78 is 10.4. The molecular weight excluding hydrogens is 208 g/mol. The van der Waals surface area contributed by atoms with Gasteiger partial charge in [-0.15, -0.1) is 0 Å². The molecule has 1 saturated heterocycles. The van der Waals surface area contributed by atoms with Gasteiger partial charge in [0.1, 0.15) is 0 Å². The molecule has 0 bridgehead atoms. The smallest absolute Gasteiger partial charge is 0.234 e. The summed E-state index contributed by atoms with van der Waals surface area (Å²) in [5, 5.41) is 2.90. The third kappa shape index (κ3) is 4.92. The quantitative estimate of drug-likeness (QED) is 0.714. The van der Waals surface area contributed by atoms with Crippen molar-refractivity contribution < 1.29 is 14.3 Å². The third-order valence-electron chi connectivity index (χ3n) is 2.52. The fourth-order valence-electron chi connectivity index (χ4n) is 1.85. The molecule has 0 saturated carbocycles. The molecular formula is C11H22N2O3. The van der Waals surface area contributed by atoms with Crippen molar-refractivity contribution >= 4 is 5.91 Å². The molecule has 1 amide bonds. The van der Waals surface area contributed by atoms with E-state index in [2.05, 4.69) is 10.2 Å². The molecule has 0 aromatic carbocycles. The summed E-state index contributed by atoms with van der Waals surface area (Å²) in [6, 6.07) is 0.0657. The van der Waals surface area contributed by atoms with Crippen LogP contribution in [0, 0.1) is 0 Å². The van der Waals surface area contributed by atoms with Crippen molar-refractivity contribution in [1.82, 2.24) is 10.2 Å².